The number of aryl methyl sites for hydroxylation is 1. The van der Waals surface area contributed by atoms with Gasteiger partial charge in [-0.05, 0) is 31.0 Å². The zero-order valence-electron chi connectivity index (χ0n) is 12.8. The topological polar surface area (TPSA) is 76.7 Å². The quantitative estimate of drug-likeness (QED) is 0.563. The van der Waals surface area contributed by atoms with E-state index in [1.54, 1.807) is 0 Å². The molecule has 0 aliphatic carbocycles. The van der Waals surface area contributed by atoms with Crippen LogP contribution in [0, 0.1) is 13.8 Å². The predicted octanol–water partition coefficient (Wildman–Crippen LogP) is 1.76. The molecule has 0 saturated carbocycles. The molecule has 0 aliphatic heterocycles. The number of hydrogen-bond donors (Lipinski definition) is 2. The molecule has 122 valence electrons. The maximum absolute atomic E-state index is 11.6. The van der Waals surface area contributed by atoms with Crippen molar-refractivity contribution in [3.63, 3.8) is 0 Å². The van der Waals surface area contributed by atoms with Crippen molar-refractivity contribution in [2.24, 2.45) is 0 Å². The minimum absolute atomic E-state index is 0.0685. The Morgan fingerprint density at radius 3 is 2.64 bits per heavy atom. The zero-order valence-corrected chi connectivity index (χ0v) is 13.5. The highest BCUT2D eigenvalue weighted by molar-refractivity contribution is 6.18. The first-order valence-electron chi connectivity index (χ1n) is 6.97. The van der Waals surface area contributed by atoms with Crippen LogP contribution in [0.3, 0.4) is 0 Å². The highest BCUT2D eigenvalue weighted by Gasteiger charge is 2.06. The Hall–Kier alpha value is -1.95. The van der Waals surface area contributed by atoms with Crippen LogP contribution in [0.2, 0.25) is 0 Å². The number of rotatable bonds is 8. The average molecular weight is 329 g/mol. The van der Waals surface area contributed by atoms with Gasteiger partial charge in [0.1, 0.15) is 12.4 Å². The van der Waals surface area contributed by atoms with E-state index in [1.807, 2.05) is 32.0 Å². The summed E-state index contributed by atoms with van der Waals surface area (Å²) in [6, 6.07) is 5.69. The van der Waals surface area contributed by atoms with Gasteiger partial charge in [0, 0.05) is 13.1 Å². The van der Waals surface area contributed by atoms with Gasteiger partial charge in [-0.1, -0.05) is 12.1 Å². The van der Waals surface area contributed by atoms with E-state index in [4.69, 9.17) is 21.1 Å². The predicted molar refractivity (Wildman–Crippen MR) is 84.5 cm³/mol. The molecule has 0 aromatic heterocycles. The second-order valence-electron chi connectivity index (χ2n) is 4.59. The third-order valence-electron chi connectivity index (χ3n) is 2.94. The molecule has 0 unspecified atom stereocenters. The molecule has 0 radical (unpaired) electrons. The highest BCUT2D eigenvalue weighted by atomic mass is 35.5. The van der Waals surface area contributed by atoms with Crippen molar-refractivity contribution in [3.05, 3.63) is 29.3 Å². The van der Waals surface area contributed by atoms with Gasteiger partial charge in [0.25, 0.3) is 5.91 Å². The first-order chi connectivity index (χ1) is 10.5. The van der Waals surface area contributed by atoms with E-state index in [9.17, 15) is 9.59 Å². The van der Waals surface area contributed by atoms with Gasteiger partial charge >= 0.3 is 6.09 Å². The van der Waals surface area contributed by atoms with Gasteiger partial charge in [-0.2, -0.15) is 0 Å². The fraction of sp³-hybridized carbons (Fsp3) is 0.467. The molecule has 1 aromatic rings. The van der Waals surface area contributed by atoms with Crippen molar-refractivity contribution >= 4 is 23.6 Å². The van der Waals surface area contributed by atoms with Crippen LogP contribution in [0.15, 0.2) is 18.2 Å². The van der Waals surface area contributed by atoms with E-state index in [2.05, 4.69) is 10.6 Å². The highest BCUT2D eigenvalue weighted by Crippen LogP contribution is 2.20. The van der Waals surface area contributed by atoms with E-state index >= 15 is 0 Å². The Bertz CT molecular complexity index is 508. The summed E-state index contributed by atoms with van der Waals surface area (Å²) in [5, 5.41) is 5.13. The molecule has 0 bridgehead atoms. The number of carbonyl (C=O) groups is 2. The number of ether oxygens (including phenoxy) is 2. The van der Waals surface area contributed by atoms with Crippen LogP contribution in [-0.2, 0) is 9.53 Å². The van der Waals surface area contributed by atoms with E-state index in [-0.39, 0.29) is 31.5 Å². The molecule has 0 aliphatic rings. The molecular formula is C15H21ClN2O4. The molecule has 2 amide bonds. The van der Waals surface area contributed by atoms with Crippen LogP contribution in [-0.4, -0.2) is 44.2 Å². The number of carbonyl (C=O) groups excluding carboxylic acids is 2. The minimum atomic E-state index is -0.554. The molecule has 1 rings (SSSR count). The molecule has 0 atom stereocenters. The Labute approximate surface area is 135 Å². The first kappa shape index (κ1) is 18.1. The van der Waals surface area contributed by atoms with Crippen molar-refractivity contribution in [1.29, 1.82) is 0 Å². The van der Waals surface area contributed by atoms with E-state index in [1.165, 1.54) is 0 Å². The number of alkyl carbamates (subject to hydrolysis) is 1. The van der Waals surface area contributed by atoms with E-state index < -0.39 is 6.09 Å². The lowest BCUT2D eigenvalue weighted by Crippen LogP contribution is -2.37. The number of halogens is 1. The fourth-order valence-electron chi connectivity index (χ4n) is 1.62. The SMILES string of the molecule is Cc1cccc(OCC(=O)NCCNC(=O)OCCCl)c1C. The standard InChI is InChI=1S/C15H21ClN2O4/c1-11-4-3-5-13(12(11)2)22-10-14(19)17-7-8-18-15(20)21-9-6-16/h3-5H,6-10H2,1-2H3,(H,17,19)(H,18,20). The summed E-state index contributed by atoms with van der Waals surface area (Å²) in [6.45, 7) is 4.59. The van der Waals surface area contributed by atoms with Crippen molar-refractivity contribution in [2.75, 3.05) is 32.2 Å². The third kappa shape index (κ3) is 6.67. The van der Waals surface area contributed by atoms with Crippen LogP contribution in [0.25, 0.3) is 0 Å². The zero-order chi connectivity index (χ0) is 16.4. The van der Waals surface area contributed by atoms with E-state index in [0.717, 1.165) is 11.1 Å². The van der Waals surface area contributed by atoms with Crippen LogP contribution in [0.5, 0.6) is 5.75 Å². The lowest BCUT2D eigenvalue weighted by Gasteiger charge is -2.11. The lowest BCUT2D eigenvalue weighted by molar-refractivity contribution is -0.123. The van der Waals surface area contributed by atoms with Crippen molar-refractivity contribution in [2.45, 2.75) is 13.8 Å². The molecule has 0 saturated heterocycles. The van der Waals surface area contributed by atoms with Gasteiger partial charge in [-0.25, -0.2) is 4.79 Å². The van der Waals surface area contributed by atoms with Gasteiger partial charge in [-0.15, -0.1) is 11.6 Å². The van der Waals surface area contributed by atoms with Gasteiger partial charge in [0.2, 0.25) is 0 Å². The summed E-state index contributed by atoms with van der Waals surface area (Å²) in [4.78, 5) is 22.7. The monoisotopic (exact) mass is 328 g/mol. The summed E-state index contributed by atoms with van der Waals surface area (Å²) in [5.41, 5.74) is 2.12. The maximum Gasteiger partial charge on any atom is 0.407 e. The third-order valence-corrected chi connectivity index (χ3v) is 3.09. The number of hydrogen-bond acceptors (Lipinski definition) is 4. The number of benzene rings is 1. The van der Waals surface area contributed by atoms with Crippen LogP contribution >= 0.6 is 11.6 Å². The molecule has 2 N–H and O–H groups in total. The molecule has 0 fully saturated rings. The Morgan fingerprint density at radius 1 is 1.18 bits per heavy atom. The smallest absolute Gasteiger partial charge is 0.407 e. The first-order valence-corrected chi connectivity index (χ1v) is 7.50. The number of amides is 2. The summed E-state index contributed by atoms with van der Waals surface area (Å²) >= 11 is 5.38. The van der Waals surface area contributed by atoms with Crippen LogP contribution in [0.1, 0.15) is 11.1 Å². The molecule has 0 heterocycles. The van der Waals surface area contributed by atoms with Crippen LogP contribution in [0.4, 0.5) is 4.79 Å². The van der Waals surface area contributed by atoms with Gasteiger partial charge in [0.15, 0.2) is 6.61 Å². The fourth-order valence-corrected chi connectivity index (χ4v) is 1.70. The Kier molecular flexibility index (Phi) is 8.14. The minimum Gasteiger partial charge on any atom is -0.483 e. The van der Waals surface area contributed by atoms with Gasteiger partial charge < -0.3 is 20.1 Å². The Morgan fingerprint density at radius 2 is 1.91 bits per heavy atom. The molecule has 1 aromatic carbocycles. The summed E-state index contributed by atoms with van der Waals surface area (Å²) in [7, 11) is 0. The maximum atomic E-state index is 11.6. The van der Waals surface area contributed by atoms with Crippen molar-refractivity contribution < 1.29 is 19.1 Å². The molecule has 6 nitrogen and oxygen atoms in total. The van der Waals surface area contributed by atoms with E-state index in [0.29, 0.717) is 12.3 Å². The van der Waals surface area contributed by atoms with Crippen molar-refractivity contribution in [3.8, 4) is 5.75 Å². The number of nitrogens with one attached hydrogen (secondary N) is 2. The summed E-state index contributed by atoms with van der Waals surface area (Å²) in [5.74, 6) is 0.689. The number of alkyl halides is 1. The van der Waals surface area contributed by atoms with Crippen molar-refractivity contribution in [1.82, 2.24) is 10.6 Å². The summed E-state index contributed by atoms with van der Waals surface area (Å²) in [6.07, 6.45) is -0.554. The van der Waals surface area contributed by atoms with Crippen LogP contribution < -0.4 is 15.4 Å². The lowest BCUT2D eigenvalue weighted by atomic mass is 10.1. The Balaban J connectivity index is 2.19. The molecule has 22 heavy (non-hydrogen) atoms. The normalized spacial score (nSPS) is 9.95. The van der Waals surface area contributed by atoms with Gasteiger partial charge in [-0.3, -0.25) is 4.79 Å². The molecule has 0 spiro atoms. The average Bonchev–Trinajstić information content (AvgIpc) is 2.51. The van der Waals surface area contributed by atoms with Gasteiger partial charge in [0.05, 0.1) is 5.88 Å². The largest absolute Gasteiger partial charge is 0.483 e. The molecule has 7 heteroatoms. The second kappa shape index (κ2) is 9.89. The molecular weight excluding hydrogens is 308 g/mol. The second-order valence-corrected chi connectivity index (χ2v) is 4.97. The summed E-state index contributed by atoms with van der Waals surface area (Å²) < 4.78 is 10.2.